The van der Waals surface area contributed by atoms with E-state index in [1.54, 1.807) is 12.1 Å². The number of fused-ring (bicyclic) bond motifs is 2. The van der Waals surface area contributed by atoms with Gasteiger partial charge in [-0.25, -0.2) is 9.97 Å². The van der Waals surface area contributed by atoms with E-state index in [1.807, 2.05) is 42.5 Å². The Morgan fingerprint density at radius 2 is 1.75 bits per heavy atom. The highest BCUT2D eigenvalue weighted by molar-refractivity contribution is 6.02. The number of aliphatic carboxylic acids is 1. The van der Waals surface area contributed by atoms with Crippen molar-refractivity contribution >= 4 is 33.6 Å². The van der Waals surface area contributed by atoms with E-state index in [-0.39, 0.29) is 11.4 Å². The molecule has 3 N–H and O–H groups in total. The van der Waals surface area contributed by atoms with Crippen molar-refractivity contribution in [2.45, 2.75) is 0 Å². The lowest BCUT2D eigenvalue weighted by Gasteiger charge is -2.09. The third-order valence-corrected chi connectivity index (χ3v) is 4.40. The van der Waals surface area contributed by atoms with Gasteiger partial charge in [0.15, 0.2) is 11.4 Å². The van der Waals surface area contributed by atoms with E-state index in [0.29, 0.717) is 16.6 Å². The van der Waals surface area contributed by atoms with Crippen LogP contribution < -0.4 is 5.32 Å². The molecule has 2 heterocycles. The van der Waals surface area contributed by atoms with Crippen molar-refractivity contribution in [3.05, 3.63) is 66.5 Å². The van der Waals surface area contributed by atoms with E-state index in [9.17, 15) is 14.7 Å². The quantitative estimate of drug-likeness (QED) is 0.507. The first-order valence-corrected chi connectivity index (χ1v) is 8.51. The number of amides is 1. The van der Waals surface area contributed by atoms with Crippen molar-refractivity contribution < 1.29 is 19.8 Å². The standard InChI is InChI=1S/C21H15N3O4/c25-18(26)11-23-21(28)19-20(27)15-8-9-16(24-17(15)10-22-19)14-7-3-5-12-4-1-2-6-13(12)14/h1-10,27H,11H2,(H,23,28)(H,25,26). The van der Waals surface area contributed by atoms with Crippen LogP contribution in [0.5, 0.6) is 5.75 Å². The molecule has 2 aromatic heterocycles. The van der Waals surface area contributed by atoms with Crippen LogP contribution in [0.2, 0.25) is 0 Å². The molecule has 28 heavy (non-hydrogen) atoms. The fourth-order valence-electron chi connectivity index (χ4n) is 3.09. The zero-order chi connectivity index (χ0) is 19.7. The SMILES string of the molecule is O=C(O)CNC(=O)c1ncc2nc(-c3cccc4ccccc34)ccc2c1O. The van der Waals surface area contributed by atoms with Gasteiger partial charge in [-0.3, -0.25) is 9.59 Å². The number of aromatic hydroxyl groups is 1. The lowest BCUT2D eigenvalue weighted by Crippen LogP contribution is -2.29. The molecule has 1 amide bonds. The Balaban J connectivity index is 1.77. The Hall–Kier alpha value is -4.00. The third-order valence-electron chi connectivity index (χ3n) is 4.40. The van der Waals surface area contributed by atoms with Crippen molar-refractivity contribution in [2.24, 2.45) is 0 Å². The number of benzene rings is 2. The van der Waals surface area contributed by atoms with Gasteiger partial charge in [-0.05, 0) is 22.9 Å². The molecule has 7 heteroatoms. The van der Waals surface area contributed by atoms with Gasteiger partial charge in [0.25, 0.3) is 5.91 Å². The van der Waals surface area contributed by atoms with Crippen LogP contribution in [0.15, 0.2) is 60.8 Å². The zero-order valence-electron chi connectivity index (χ0n) is 14.6. The van der Waals surface area contributed by atoms with Gasteiger partial charge in [-0.2, -0.15) is 0 Å². The molecule has 7 nitrogen and oxygen atoms in total. The van der Waals surface area contributed by atoms with E-state index in [4.69, 9.17) is 5.11 Å². The highest BCUT2D eigenvalue weighted by atomic mass is 16.4. The minimum absolute atomic E-state index is 0.242. The van der Waals surface area contributed by atoms with Crippen molar-refractivity contribution in [1.29, 1.82) is 0 Å². The fraction of sp³-hybridized carbons (Fsp3) is 0.0476. The topological polar surface area (TPSA) is 112 Å². The molecule has 0 radical (unpaired) electrons. The zero-order valence-corrected chi connectivity index (χ0v) is 14.6. The maximum absolute atomic E-state index is 12.0. The summed E-state index contributed by atoms with van der Waals surface area (Å²) in [7, 11) is 0. The van der Waals surface area contributed by atoms with E-state index in [1.165, 1.54) is 6.20 Å². The average molecular weight is 373 g/mol. The number of pyridine rings is 2. The van der Waals surface area contributed by atoms with Gasteiger partial charge in [0.1, 0.15) is 6.54 Å². The van der Waals surface area contributed by atoms with Crippen molar-refractivity contribution in [3.8, 4) is 17.0 Å². The second-order valence-electron chi connectivity index (χ2n) is 6.19. The van der Waals surface area contributed by atoms with Gasteiger partial charge in [-0.15, -0.1) is 0 Å². The summed E-state index contributed by atoms with van der Waals surface area (Å²) in [6.07, 6.45) is 1.39. The molecule has 4 rings (SSSR count). The Morgan fingerprint density at radius 1 is 0.964 bits per heavy atom. The molecule has 0 unspecified atom stereocenters. The molecule has 4 aromatic rings. The first-order valence-electron chi connectivity index (χ1n) is 8.51. The van der Waals surface area contributed by atoms with Crippen LogP contribution in [-0.2, 0) is 4.79 Å². The van der Waals surface area contributed by atoms with Crippen LogP contribution in [0.1, 0.15) is 10.5 Å². The molecule has 0 aliphatic carbocycles. The number of carbonyl (C=O) groups excluding carboxylic acids is 1. The number of aromatic nitrogens is 2. The Bertz CT molecular complexity index is 1230. The normalized spacial score (nSPS) is 10.9. The predicted octanol–water partition coefficient (Wildman–Crippen LogP) is 2.97. The molecule has 0 saturated heterocycles. The summed E-state index contributed by atoms with van der Waals surface area (Å²) >= 11 is 0. The molecule has 0 bridgehead atoms. The summed E-state index contributed by atoms with van der Waals surface area (Å²) in [6, 6.07) is 17.4. The number of hydrogen-bond acceptors (Lipinski definition) is 5. The van der Waals surface area contributed by atoms with Crippen LogP contribution in [0.25, 0.3) is 32.9 Å². The molecule has 0 fully saturated rings. The van der Waals surface area contributed by atoms with E-state index in [0.717, 1.165) is 16.3 Å². The highest BCUT2D eigenvalue weighted by Crippen LogP contribution is 2.31. The summed E-state index contributed by atoms with van der Waals surface area (Å²) in [4.78, 5) is 31.2. The van der Waals surface area contributed by atoms with Gasteiger partial charge >= 0.3 is 5.97 Å². The molecule has 0 saturated carbocycles. The Morgan fingerprint density at radius 3 is 2.57 bits per heavy atom. The van der Waals surface area contributed by atoms with Crippen LogP contribution in [0.4, 0.5) is 0 Å². The van der Waals surface area contributed by atoms with Gasteiger partial charge < -0.3 is 15.5 Å². The predicted molar refractivity (Wildman–Crippen MR) is 104 cm³/mol. The molecule has 0 aliphatic rings. The molecular formula is C21H15N3O4. The van der Waals surface area contributed by atoms with Gasteiger partial charge in [0, 0.05) is 10.9 Å². The lowest BCUT2D eigenvalue weighted by atomic mass is 10.0. The van der Waals surface area contributed by atoms with E-state index in [2.05, 4.69) is 15.3 Å². The number of rotatable bonds is 4. The van der Waals surface area contributed by atoms with Crippen molar-refractivity contribution in [1.82, 2.24) is 15.3 Å². The summed E-state index contributed by atoms with van der Waals surface area (Å²) in [5.74, 6) is -2.28. The smallest absolute Gasteiger partial charge is 0.322 e. The summed E-state index contributed by atoms with van der Waals surface area (Å²) in [5, 5.41) is 23.8. The number of hydrogen-bond donors (Lipinski definition) is 3. The highest BCUT2D eigenvalue weighted by Gasteiger charge is 2.17. The van der Waals surface area contributed by atoms with E-state index < -0.39 is 18.4 Å². The molecular weight excluding hydrogens is 358 g/mol. The van der Waals surface area contributed by atoms with Crippen molar-refractivity contribution in [3.63, 3.8) is 0 Å². The first kappa shape index (κ1) is 17.4. The first-order chi connectivity index (χ1) is 13.5. The monoisotopic (exact) mass is 373 g/mol. The van der Waals surface area contributed by atoms with E-state index >= 15 is 0 Å². The summed E-state index contributed by atoms with van der Waals surface area (Å²) < 4.78 is 0. The molecule has 2 aromatic carbocycles. The maximum atomic E-state index is 12.0. The molecule has 0 spiro atoms. The lowest BCUT2D eigenvalue weighted by molar-refractivity contribution is -0.135. The average Bonchev–Trinajstić information content (AvgIpc) is 2.71. The second-order valence-corrected chi connectivity index (χ2v) is 6.19. The number of carboxylic acids is 1. The number of nitrogens with zero attached hydrogens (tertiary/aromatic N) is 2. The Kier molecular flexibility index (Phi) is 4.33. The second kappa shape index (κ2) is 6.96. The van der Waals surface area contributed by atoms with Gasteiger partial charge in [-0.1, -0.05) is 42.5 Å². The van der Waals surface area contributed by atoms with Crippen LogP contribution in [0.3, 0.4) is 0 Å². The molecule has 0 atom stereocenters. The minimum Gasteiger partial charge on any atom is -0.505 e. The molecule has 0 aliphatic heterocycles. The number of nitrogens with one attached hydrogen (secondary N) is 1. The van der Waals surface area contributed by atoms with Crippen LogP contribution in [-0.4, -0.2) is 38.6 Å². The Labute approximate surface area is 159 Å². The number of carboxylic acid groups (broad SMARTS) is 1. The third kappa shape index (κ3) is 3.09. The fourth-order valence-corrected chi connectivity index (χ4v) is 3.09. The number of carbonyl (C=O) groups is 2. The van der Waals surface area contributed by atoms with Gasteiger partial charge in [0.05, 0.1) is 17.4 Å². The van der Waals surface area contributed by atoms with Crippen molar-refractivity contribution in [2.75, 3.05) is 6.54 Å². The summed E-state index contributed by atoms with van der Waals surface area (Å²) in [5.41, 5.74) is 1.85. The largest absolute Gasteiger partial charge is 0.505 e. The molecule has 138 valence electrons. The van der Waals surface area contributed by atoms with Gasteiger partial charge in [0.2, 0.25) is 0 Å². The van der Waals surface area contributed by atoms with Crippen LogP contribution >= 0.6 is 0 Å². The summed E-state index contributed by atoms with van der Waals surface area (Å²) in [6.45, 7) is -0.559. The minimum atomic E-state index is -1.19. The van der Waals surface area contributed by atoms with Crippen LogP contribution in [0, 0.1) is 0 Å². The maximum Gasteiger partial charge on any atom is 0.322 e.